The molecule has 0 fully saturated rings. The van der Waals surface area contributed by atoms with Crippen molar-refractivity contribution in [1.82, 2.24) is 5.32 Å². The van der Waals surface area contributed by atoms with E-state index in [1.165, 1.54) is 41.9 Å². The Bertz CT molecular complexity index is 908. The Hall–Kier alpha value is -2.74. The van der Waals surface area contributed by atoms with Crippen LogP contribution in [0.2, 0.25) is 0 Å². The molecule has 2 aromatic carbocycles. The smallest absolute Gasteiger partial charge is 0.358 e. The Morgan fingerprint density at radius 3 is 2.44 bits per heavy atom. The molecule has 0 spiro atoms. The molecule has 4 nitrogen and oxygen atoms in total. The number of anilines is 1. The second-order valence-corrected chi connectivity index (χ2v) is 6.85. The van der Waals surface area contributed by atoms with E-state index in [-0.39, 0.29) is 18.4 Å². The van der Waals surface area contributed by atoms with Gasteiger partial charge in [0.25, 0.3) is 5.91 Å². The zero-order valence-corrected chi connectivity index (χ0v) is 15.0. The summed E-state index contributed by atoms with van der Waals surface area (Å²) in [5.74, 6) is -0.693. The van der Waals surface area contributed by atoms with Gasteiger partial charge in [-0.2, -0.15) is 13.2 Å². The summed E-state index contributed by atoms with van der Waals surface area (Å²) in [5.41, 5.74) is 0.345. The average Bonchev–Trinajstić information content (AvgIpc) is 2.64. The van der Waals surface area contributed by atoms with E-state index >= 15 is 0 Å². The van der Waals surface area contributed by atoms with Crippen molar-refractivity contribution < 1.29 is 22.8 Å². The molecule has 2 aromatic rings. The molecule has 0 bridgehead atoms. The normalized spacial score (nSPS) is 15.6. The standard InChI is InChI=1S/C19H15F3N2O2S/c1-23-17(25)11-24-14-4-2-3-5-15(14)27-16(18(24)26)10-12-6-8-13(9-7-12)19(20,21)22/h2-10H,11H2,1H3,(H,23,25). The molecule has 0 saturated heterocycles. The van der Waals surface area contributed by atoms with Crippen molar-refractivity contribution in [2.75, 3.05) is 18.5 Å². The van der Waals surface area contributed by atoms with Crippen molar-refractivity contribution >= 4 is 35.3 Å². The number of halogens is 3. The van der Waals surface area contributed by atoms with Crippen LogP contribution in [0.15, 0.2) is 58.3 Å². The first-order chi connectivity index (χ1) is 12.8. The Labute approximate surface area is 158 Å². The summed E-state index contributed by atoms with van der Waals surface area (Å²) >= 11 is 1.22. The predicted molar refractivity (Wildman–Crippen MR) is 98.1 cm³/mol. The number of nitrogens with one attached hydrogen (secondary N) is 1. The van der Waals surface area contributed by atoms with Gasteiger partial charge < -0.3 is 5.32 Å². The van der Waals surface area contributed by atoms with Crippen LogP contribution in [0.5, 0.6) is 0 Å². The minimum absolute atomic E-state index is 0.142. The summed E-state index contributed by atoms with van der Waals surface area (Å²) in [4.78, 5) is 27.1. The number of amides is 2. The monoisotopic (exact) mass is 392 g/mol. The first-order valence-electron chi connectivity index (χ1n) is 7.98. The van der Waals surface area contributed by atoms with Gasteiger partial charge in [-0.25, -0.2) is 0 Å². The lowest BCUT2D eigenvalue weighted by Gasteiger charge is -2.29. The first kappa shape index (κ1) is 19.0. The number of nitrogens with zero attached hydrogens (tertiary/aromatic N) is 1. The maximum absolute atomic E-state index is 12.8. The largest absolute Gasteiger partial charge is 0.416 e. The van der Waals surface area contributed by atoms with Crippen LogP contribution >= 0.6 is 11.8 Å². The van der Waals surface area contributed by atoms with Crippen molar-refractivity contribution in [2.45, 2.75) is 11.1 Å². The van der Waals surface area contributed by atoms with Crippen molar-refractivity contribution in [3.05, 3.63) is 64.6 Å². The molecular formula is C19H15F3N2O2S. The van der Waals surface area contributed by atoms with Gasteiger partial charge in [0, 0.05) is 11.9 Å². The van der Waals surface area contributed by atoms with Gasteiger partial charge in [-0.05, 0) is 35.9 Å². The van der Waals surface area contributed by atoms with E-state index in [1.807, 2.05) is 12.1 Å². The molecule has 0 aliphatic carbocycles. The maximum Gasteiger partial charge on any atom is 0.416 e. The molecule has 1 N–H and O–H groups in total. The van der Waals surface area contributed by atoms with E-state index < -0.39 is 11.7 Å². The number of benzene rings is 2. The minimum Gasteiger partial charge on any atom is -0.358 e. The lowest BCUT2D eigenvalue weighted by molar-refractivity contribution is -0.137. The second-order valence-electron chi connectivity index (χ2n) is 5.76. The lowest BCUT2D eigenvalue weighted by atomic mass is 10.1. The van der Waals surface area contributed by atoms with E-state index in [9.17, 15) is 22.8 Å². The van der Waals surface area contributed by atoms with Gasteiger partial charge in [-0.3, -0.25) is 14.5 Å². The average molecular weight is 392 g/mol. The zero-order chi connectivity index (χ0) is 19.6. The van der Waals surface area contributed by atoms with Gasteiger partial charge in [0.05, 0.1) is 16.2 Å². The molecule has 0 saturated carbocycles. The predicted octanol–water partition coefficient (Wildman–Crippen LogP) is 3.93. The number of alkyl halides is 3. The third-order valence-electron chi connectivity index (χ3n) is 3.95. The van der Waals surface area contributed by atoms with Crippen molar-refractivity contribution in [3.8, 4) is 0 Å². The van der Waals surface area contributed by atoms with Crippen LogP contribution in [0.1, 0.15) is 11.1 Å². The van der Waals surface area contributed by atoms with Gasteiger partial charge in [-0.1, -0.05) is 36.0 Å². The summed E-state index contributed by atoms with van der Waals surface area (Å²) in [6.07, 6.45) is -2.88. The molecule has 8 heteroatoms. The van der Waals surface area contributed by atoms with Gasteiger partial charge in [0.15, 0.2) is 0 Å². The molecule has 140 valence electrons. The van der Waals surface area contributed by atoms with Crippen LogP contribution in [0.4, 0.5) is 18.9 Å². The fourth-order valence-corrected chi connectivity index (χ4v) is 3.62. The van der Waals surface area contributed by atoms with Crippen LogP contribution in [0.25, 0.3) is 6.08 Å². The number of carbonyl (C=O) groups is 2. The van der Waals surface area contributed by atoms with Crippen LogP contribution in [0.3, 0.4) is 0 Å². The third kappa shape index (κ3) is 4.16. The summed E-state index contributed by atoms with van der Waals surface area (Å²) < 4.78 is 38.1. The topological polar surface area (TPSA) is 49.4 Å². The fourth-order valence-electron chi connectivity index (χ4n) is 2.56. The number of rotatable bonds is 3. The van der Waals surface area contributed by atoms with Crippen LogP contribution in [-0.2, 0) is 15.8 Å². The molecule has 0 atom stereocenters. The Morgan fingerprint density at radius 2 is 1.81 bits per heavy atom. The maximum atomic E-state index is 12.8. The molecule has 0 radical (unpaired) electrons. The highest BCUT2D eigenvalue weighted by Crippen LogP contribution is 2.42. The van der Waals surface area contributed by atoms with E-state index in [4.69, 9.17) is 0 Å². The Kier molecular flexibility index (Phi) is 5.27. The number of hydrogen-bond acceptors (Lipinski definition) is 3. The van der Waals surface area contributed by atoms with E-state index in [2.05, 4.69) is 5.32 Å². The molecule has 0 aromatic heterocycles. The Balaban J connectivity index is 1.95. The molecule has 1 aliphatic rings. The minimum atomic E-state index is -4.41. The van der Waals surface area contributed by atoms with Crippen LogP contribution < -0.4 is 10.2 Å². The fraction of sp³-hybridized carbons (Fsp3) is 0.158. The number of thioether (sulfide) groups is 1. The second kappa shape index (κ2) is 7.48. The summed E-state index contributed by atoms with van der Waals surface area (Å²) in [7, 11) is 1.48. The quantitative estimate of drug-likeness (QED) is 0.806. The molecular weight excluding hydrogens is 377 g/mol. The highest BCUT2D eigenvalue weighted by molar-refractivity contribution is 8.04. The van der Waals surface area contributed by atoms with Gasteiger partial charge in [0.2, 0.25) is 5.91 Å². The number of hydrogen-bond donors (Lipinski definition) is 1. The number of likely N-dealkylation sites (N-methyl/N-ethyl adjacent to an activating group) is 1. The summed E-state index contributed by atoms with van der Waals surface area (Å²) in [5, 5.41) is 2.48. The van der Waals surface area contributed by atoms with Gasteiger partial charge >= 0.3 is 6.18 Å². The number of fused-ring (bicyclic) bond motifs is 1. The zero-order valence-electron chi connectivity index (χ0n) is 14.2. The van der Waals surface area contributed by atoms with Gasteiger partial charge in [-0.15, -0.1) is 0 Å². The van der Waals surface area contributed by atoms with E-state index in [0.717, 1.165) is 17.0 Å². The van der Waals surface area contributed by atoms with Crippen LogP contribution in [0, 0.1) is 0 Å². The van der Waals surface area contributed by atoms with Crippen molar-refractivity contribution in [2.24, 2.45) is 0 Å². The highest BCUT2D eigenvalue weighted by Gasteiger charge is 2.31. The first-order valence-corrected chi connectivity index (χ1v) is 8.79. The molecule has 3 rings (SSSR count). The SMILES string of the molecule is CNC(=O)CN1C(=O)C(=Cc2ccc(C(F)(F)F)cc2)Sc2ccccc21. The summed E-state index contributed by atoms with van der Waals surface area (Å²) in [6.45, 7) is -0.142. The highest BCUT2D eigenvalue weighted by atomic mass is 32.2. The molecule has 1 aliphatic heterocycles. The Morgan fingerprint density at radius 1 is 1.15 bits per heavy atom. The van der Waals surface area contributed by atoms with Crippen molar-refractivity contribution in [1.29, 1.82) is 0 Å². The van der Waals surface area contributed by atoms with Crippen molar-refractivity contribution in [3.63, 3.8) is 0 Å². The van der Waals surface area contributed by atoms with Gasteiger partial charge in [0.1, 0.15) is 6.54 Å². The summed E-state index contributed by atoms with van der Waals surface area (Å²) in [6, 6.07) is 11.7. The number of carbonyl (C=O) groups excluding carboxylic acids is 2. The number of para-hydroxylation sites is 1. The van der Waals surface area contributed by atoms with E-state index in [1.54, 1.807) is 12.1 Å². The van der Waals surface area contributed by atoms with Crippen LogP contribution in [-0.4, -0.2) is 25.4 Å². The lowest BCUT2D eigenvalue weighted by Crippen LogP contribution is -2.41. The third-order valence-corrected chi connectivity index (χ3v) is 5.03. The van der Waals surface area contributed by atoms with E-state index in [0.29, 0.717) is 16.2 Å². The molecule has 27 heavy (non-hydrogen) atoms. The molecule has 2 amide bonds. The molecule has 0 unspecified atom stereocenters. The molecule has 1 heterocycles.